The van der Waals surface area contributed by atoms with E-state index in [1.54, 1.807) is 6.08 Å². The summed E-state index contributed by atoms with van der Waals surface area (Å²) in [5, 5.41) is 33.1. The molecule has 0 rings (SSSR count). The number of allylic oxidation sites excluding steroid dienone is 3. The molecule has 284 valence electrons. The van der Waals surface area contributed by atoms with Crippen LogP contribution in [0.2, 0.25) is 0 Å². The van der Waals surface area contributed by atoms with Crippen molar-refractivity contribution in [2.24, 2.45) is 0 Å². The Kier molecular flexibility index (Phi) is 37.7. The van der Waals surface area contributed by atoms with E-state index in [9.17, 15) is 20.1 Å². The Morgan fingerprint density at radius 3 is 1.33 bits per heavy atom. The third-order valence-electron chi connectivity index (χ3n) is 9.74. The lowest BCUT2D eigenvalue weighted by Gasteiger charge is -2.21. The molecule has 0 radical (unpaired) electrons. The second-order valence-electron chi connectivity index (χ2n) is 14.6. The molecule has 0 spiro atoms. The Labute approximate surface area is 299 Å². The van der Waals surface area contributed by atoms with Gasteiger partial charge in [-0.25, -0.2) is 0 Å². The first-order valence-corrected chi connectivity index (χ1v) is 21.1. The van der Waals surface area contributed by atoms with Crippen molar-refractivity contribution < 1.29 is 20.1 Å². The lowest BCUT2D eigenvalue weighted by Crippen LogP contribution is -2.45. The monoisotopic (exact) mass is 678 g/mol. The van der Waals surface area contributed by atoms with Gasteiger partial charge < -0.3 is 20.6 Å². The zero-order chi connectivity index (χ0) is 35.2. The molecule has 1 amide bonds. The van der Waals surface area contributed by atoms with Crippen molar-refractivity contribution in [2.75, 3.05) is 6.61 Å². The smallest absolute Gasteiger partial charge is 0.222 e. The molecule has 0 aromatic heterocycles. The predicted molar refractivity (Wildman–Crippen MR) is 208 cm³/mol. The van der Waals surface area contributed by atoms with Crippen molar-refractivity contribution in [1.29, 1.82) is 0 Å². The molecule has 0 aliphatic rings. The van der Waals surface area contributed by atoms with Crippen LogP contribution in [0.5, 0.6) is 0 Å². The Morgan fingerprint density at radius 2 is 0.896 bits per heavy atom. The molecule has 0 aromatic rings. The largest absolute Gasteiger partial charge is 0.394 e. The first-order valence-electron chi connectivity index (χ1n) is 21.1. The summed E-state index contributed by atoms with van der Waals surface area (Å²) in [5.74, 6) is -0.325. The molecular formula is C43H83NO4. The SMILES string of the molecule is CCCCCCCCCCCCCCCCCC/C=C/CC/C=C/C(O)C(CO)NC(=O)CC(O)CCCCCCCCCCCCC. The highest BCUT2D eigenvalue weighted by atomic mass is 16.3. The summed E-state index contributed by atoms with van der Waals surface area (Å²) in [5.41, 5.74) is 0. The summed E-state index contributed by atoms with van der Waals surface area (Å²) in [6.07, 6.45) is 46.1. The van der Waals surface area contributed by atoms with Gasteiger partial charge in [0.1, 0.15) is 0 Å². The van der Waals surface area contributed by atoms with Crippen LogP contribution >= 0.6 is 0 Å². The second-order valence-corrected chi connectivity index (χ2v) is 14.6. The fourth-order valence-electron chi connectivity index (χ4n) is 6.47. The van der Waals surface area contributed by atoms with Gasteiger partial charge in [-0.15, -0.1) is 0 Å². The molecule has 4 N–H and O–H groups in total. The Morgan fingerprint density at radius 1 is 0.521 bits per heavy atom. The van der Waals surface area contributed by atoms with E-state index in [4.69, 9.17) is 0 Å². The number of amides is 1. The van der Waals surface area contributed by atoms with Crippen LogP contribution in [0.3, 0.4) is 0 Å². The number of carbonyl (C=O) groups excluding carboxylic acids is 1. The summed E-state index contributed by atoms with van der Waals surface area (Å²) >= 11 is 0. The number of carbonyl (C=O) groups is 1. The molecule has 0 saturated carbocycles. The molecule has 0 aliphatic carbocycles. The molecule has 0 bridgehead atoms. The predicted octanol–water partition coefficient (Wildman–Crippen LogP) is 11.8. The summed E-state index contributed by atoms with van der Waals surface area (Å²) in [4.78, 5) is 12.4. The van der Waals surface area contributed by atoms with Gasteiger partial charge in [0.05, 0.1) is 31.3 Å². The van der Waals surface area contributed by atoms with Gasteiger partial charge in [-0.1, -0.05) is 205 Å². The highest BCUT2D eigenvalue weighted by molar-refractivity contribution is 5.76. The van der Waals surface area contributed by atoms with E-state index in [0.29, 0.717) is 6.42 Å². The van der Waals surface area contributed by atoms with Gasteiger partial charge in [0.25, 0.3) is 0 Å². The van der Waals surface area contributed by atoms with Gasteiger partial charge in [0.15, 0.2) is 0 Å². The number of nitrogens with one attached hydrogen (secondary N) is 1. The summed E-state index contributed by atoms with van der Waals surface area (Å²) in [6.45, 7) is 4.19. The average molecular weight is 678 g/mol. The molecule has 3 atom stereocenters. The maximum Gasteiger partial charge on any atom is 0.222 e. The summed E-state index contributed by atoms with van der Waals surface area (Å²) < 4.78 is 0. The first-order chi connectivity index (χ1) is 23.5. The van der Waals surface area contributed by atoms with Crippen LogP contribution in [0.15, 0.2) is 24.3 Å². The van der Waals surface area contributed by atoms with Crippen molar-refractivity contribution in [3.63, 3.8) is 0 Å². The van der Waals surface area contributed by atoms with Crippen LogP contribution in [0.1, 0.15) is 219 Å². The standard InChI is InChI=1S/C43H83NO4/c1-3-5-7-9-11-13-15-16-17-18-19-20-21-22-23-24-25-27-29-31-33-35-37-42(47)41(39-45)44-43(48)38-40(46)36-34-32-30-28-26-14-12-10-8-6-4-2/h27,29,35,37,40-42,45-47H,3-26,28,30-34,36,38-39H2,1-2H3,(H,44,48)/b29-27+,37-35+. The number of hydrogen-bond acceptors (Lipinski definition) is 4. The van der Waals surface area contributed by atoms with Gasteiger partial charge in [0, 0.05) is 0 Å². The number of aliphatic hydroxyl groups excluding tert-OH is 3. The van der Waals surface area contributed by atoms with Crippen molar-refractivity contribution in [1.82, 2.24) is 5.32 Å². The lowest BCUT2D eigenvalue weighted by atomic mass is 10.0. The maximum atomic E-state index is 12.4. The second kappa shape index (κ2) is 38.6. The van der Waals surface area contributed by atoms with Crippen LogP contribution in [0.4, 0.5) is 0 Å². The maximum absolute atomic E-state index is 12.4. The number of hydrogen-bond donors (Lipinski definition) is 4. The Bertz CT molecular complexity index is 709. The van der Waals surface area contributed by atoms with Crippen LogP contribution in [0, 0.1) is 0 Å². The molecule has 5 heteroatoms. The molecule has 3 unspecified atom stereocenters. The zero-order valence-electron chi connectivity index (χ0n) is 32.1. The van der Waals surface area contributed by atoms with E-state index >= 15 is 0 Å². The minimum atomic E-state index is -0.947. The van der Waals surface area contributed by atoms with Crippen molar-refractivity contribution >= 4 is 5.91 Å². The van der Waals surface area contributed by atoms with E-state index < -0.39 is 18.2 Å². The van der Waals surface area contributed by atoms with E-state index in [1.165, 1.54) is 161 Å². The molecule has 0 aliphatic heterocycles. The fraction of sp³-hybridized carbons (Fsp3) is 0.884. The minimum Gasteiger partial charge on any atom is -0.394 e. The Hall–Kier alpha value is -1.17. The number of rotatable bonds is 38. The molecule has 48 heavy (non-hydrogen) atoms. The van der Waals surface area contributed by atoms with Crippen LogP contribution in [-0.2, 0) is 4.79 Å². The third-order valence-corrected chi connectivity index (χ3v) is 9.74. The summed E-state index contributed by atoms with van der Waals surface area (Å²) in [7, 11) is 0. The van der Waals surface area contributed by atoms with Gasteiger partial charge in [-0.3, -0.25) is 4.79 Å². The Balaban J connectivity index is 3.69. The zero-order valence-corrected chi connectivity index (χ0v) is 32.1. The van der Waals surface area contributed by atoms with Crippen LogP contribution in [-0.4, -0.2) is 46.1 Å². The minimum absolute atomic E-state index is 0.00882. The van der Waals surface area contributed by atoms with E-state index in [-0.39, 0.29) is 18.9 Å². The van der Waals surface area contributed by atoms with Gasteiger partial charge in [-0.05, 0) is 32.1 Å². The number of aliphatic hydroxyl groups is 3. The highest BCUT2D eigenvalue weighted by Crippen LogP contribution is 2.15. The first kappa shape index (κ1) is 46.8. The van der Waals surface area contributed by atoms with Gasteiger partial charge >= 0.3 is 0 Å². The molecule has 0 saturated heterocycles. The van der Waals surface area contributed by atoms with Crippen molar-refractivity contribution in [3.8, 4) is 0 Å². The summed E-state index contributed by atoms with van der Waals surface area (Å²) in [6, 6.07) is -0.756. The highest BCUT2D eigenvalue weighted by Gasteiger charge is 2.20. The van der Waals surface area contributed by atoms with Gasteiger partial charge in [-0.2, -0.15) is 0 Å². The van der Waals surface area contributed by atoms with Gasteiger partial charge in [0.2, 0.25) is 5.91 Å². The molecule has 0 heterocycles. The quantitative estimate of drug-likeness (QED) is 0.0387. The van der Waals surface area contributed by atoms with Crippen molar-refractivity contribution in [3.05, 3.63) is 24.3 Å². The normalized spacial score (nSPS) is 13.9. The van der Waals surface area contributed by atoms with Crippen LogP contribution in [0.25, 0.3) is 0 Å². The topological polar surface area (TPSA) is 89.8 Å². The molecule has 5 nitrogen and oxygen atoms in total. The van der Waals surface area contributed by atoms with E-state index in [0.717, 1.165) is 32.1 Å². The lowest BCUT2D eigenvalue weighted by molar-refractivity contribution is -0.124. The molecule has 0 fully saturated rings. The molecular weight excluding hydrogens is 594 g/mol. The van der Waals surface area contributed by atoms with E-state index in [2.05, 4.69) is 31.3 Å². The number of unbranched alkanes of at least 4 members (excludes halogenated alkanes) is 27. The van der Waals surface area contributed by atoms with E-state index in [1.807, 2.05) is 6.08 Å². The average Bonchev–Trinajstić information content (AvgIpc) is 3.08. The van der Waals surface area contributed by atoms with Crippen LogP contribution < -0.4 is 5.32 Å². The van der Waals surface area contributed by atoms with Crippen molar-refractivity contribution in [2.45, 2.75) is 238 Å². The third kappa shape index (κ3) is 34.7. The molecule has 0 aromatic carbocycles. The fourth-order valence-corrected chi connectivity index (χ4v) is 6.47.